The van der Waals surface area contributed by atoms with E-state index in [2.05, 4.69) is 41.2 Å². The normalized spacial score (nSPS) is 13.8. The summed E-state index contributed by atoms with van der Waals surface area (Å²) in [5.74, 6) is 0.828. The molecule has 2 aromatic heterocycles. The van der Waals surface area contributed by atoms with Crippen molar-refractivity contribution < 1.29 is 0 Å². The molecule has 1 aliphatic carbocycles. The molecule has 2 heterocycles. The van der Waals surface area contributed by atoms with Crippen LogP contribution in [0.2, 0.25) is 0 Å². The number of pyridine rings is 1. The lowest BCUT2D eigenvalue weighted by Crippen LogP contribution is -1.98. The summed E-state index contributed by atoms with van der Waals surface area (Å²) in [5.41, 5.74) is 7.30. The molecule has 1 aromatic carbocycles. The predicted octanol–water partition coefficient (Wildman–Crippen LogP) is 3.79. The van der Waals surface area contributed by atoms with Crippen LogP contribution in [0, 0.1) is 18.6 Å². The molecule has 2 N–H and O–H groups in total. The summed E-state index contributed by atoms with van der Waals surface area (Å²) in [6.45, 7) is 4.27. The highest BCUT2D eigenvalue weighted by atomic mass is 32.1. The molecule has 21 heavy (non-hydrogen) atoms. The predicted molar refractivity (Wildman–Crippen MR) is 86.0 cm³/mol. The third-order valence-electron chi connectivity index (χ3n) is 4.37. The lowest BCUT2D eigenvalue weighted by atomic mass is 9.97. The molecule has 0 amide bonds. The van der Waals surface area contributed by atoms with Gasteiger partial charge in [-0.15, -0.1) is 0 Å². The molecular weight excluding hydrogens is 280 g/mol. The molecule has 0 spiro atoms. The van der Waals surface area contributed by atoms with Crippen LogP contribution in [-0.4, -0.2) is 20.2 Å². The molecule has 3 aromatic rings. The Morgan fingerprint density at radius 3 is 2.62 bits per heavy atom. The fourth-order valence-corrected chi connectivity index (χ4v) is 3.32. The first-order valence-electron chi connectivity index (χ1n) is 7.21. The summed E-state index contributed by atoms with van der Waals surface area (Å²) in [5, 5.41) is 7.18. The van der Waals surface area contributed by atoms with E-state index in [4.69, 9.17) is 17.2 Å². The molecule has 0 radical (unpaired) electrons. The van der Waals surface area contributed by atoms with Gasteiger partial charge in [-0.1, -0.05) is 0 Å². The van der Waals surface area contributed by atoms with Crippen LogP contribution < -0.4 is 0 Å². The van der Waals surface area contributed by atoms with Gasteiger partial charge in [-0.3, -0.25) is 15.2 Å². The lowest BCUT2D eigenvalue weighted by Gasteiger charge is -2.12. The monoisotopic (exact) mass is 296 g/mol. The Balaban J connectivity index is 2.15. The second-order valence-electron chi connectivity index (χ2n) is 5.73. The standard InChI is InChI=1S/C16H16N4S/c1-8-6-11-13(7-9(8)2)17-12-5-3-4-10(12)14(11)15-18-16(21)20-19-15/h6-7H,3-5H2,1-2H3,(H2,18,19,20,21). The number of nitrogens with one attached hydrogen (secondary N) is 2. The third-order valence-corrected chi connectivity index (χ3v) is 4.56. The number of rotatable bonds is 1. The lowest BCUT2D eigenvalue weighted by molar-refractivity contribution is 0.901. The average Bonchev–Trinajstić information content (AvgIpc) is 3.06. The molecule has 0 atom stereocenters. The second-order valence-corrected chi connectivity index (χ2v) is 6.12. The minimum Gasteiger partial charge on any atom is -0.282 e. The zero-order valence-corrected chi connectivity index (χ0v) is 12.9. The molecule has 106 valence electrons. The van der Waals surface area contributed by atoms with Gasteiger partial charge in [0.25, 0.3) is 0 Å². The van der Waals surface area contributed by atoms with E-state index >= 15 is 0 Å². The Labute approximate surface area is 127 Å². The van der Waals surface area contributed by atoms with Gasteiger partial charge in [-0.2, -0.15) is 4.98 Å². The molecule has 0 saturated carbocycles. The fourth-order valence-electron chi connectivity index (χ4n) is 3.18. The first-order valence-corrected chi connectivity index (χ1v) is 7.62. The molecule has 0 aliphatic heterocycles. The summed E-state index contributed by atoms with van der Waals surface area (Å²) < 4.78 is 0.491. The number of hydrogen-bond donors (Lipinski definition) is 2. The highest BCUT2D eigenvalue weighted by molar-refractivity contribution is 7.71. The van der Waals surface area contributed by atoms with Crippen molar-refractivity contribution in [2.24, 2.45) is 0 Å². The summed E-state index contributed by atoms with van der Waals surface area (Å²) in [6, 6.07) is 4.39. The minimum atomic E-state index is 0.491. The maximum atomic E-state index is 5.12. The van der Waals surface area contributed by atoms with Gasteiger partial charge in [-0.05, 0) is 74.2 Å². The van der Waals surface area contributed by atoms with Gasteiger partial charge in [0.05, 0.1) is 5.52 Å². The van der Waals surface area contributed by atoms with Crippen LogP contribution in [0.15, 0.2) is 12.1 Å². The zero-order valence-electron chi connectivity index (χ0n) is 12.1. The van der Waals surface area contributed by atoms with Gasteiger partial charge < -0.3 is 0 Å². The Hall–Kier alpha value is -2.01. The average molecular weight is 296 g/mol. The van der Waals surface area contributed by atoms with Crippen LogP contribution in [0.3, 0.4) is 0 Å². The van der Waals surface area contributed by atoms with Gasteiger partial charge in [0, 0.05) is 16.6 Å². The fraction of sp³-hybridized carbons (Fsp3) is 0.312. The molecule has 0 fully saturated rings. The number of benzene rings is 1. The summed E-state index contributed by atoms with van der Waals surface area (Å²) in [7, 11) is 0. The third kappa shape index (κ3) is 1.92. The Morgan fingerprint density at radius 2 is 1.86 bits per heavy atom. The maximum Gasteiger partial charge on any atom is 0.213 e. The first-order chi connectivity index (χ1) is 10.1. The van der Waals surface area contributed by atoms with E-state index in [1.165, 1.54) is 27.9 Å². The highest BCUT2D eigenvalue weighted by Gasteiger charge is 2.22. The van der Waals surface area contributed by atoms with Crippen molar-refractivity contribution in [3.05, 3.63) is 39.3 Å². The molecule has 4 nitrogen and oxygen atoms in total. The van der Waals surface area contributed by atoms with E-state index in [9.17, 15) is 0 Å². The van der Waals surface area contributed by atoms with E-state index in [1.54, 1.807) is 0 Å². The van der Waals surface area contributed by atoms with E-state index in [0.29, 0.717) is 4.77 Å². The molecule has 0 saturated heterocycles. The summed E-state index contributed by atoms with van der Waals surface area (Å²) in [6.07, 6.45) is 3.28. The van der Waals surface area contributed by atoms with Gasteiger partial charge in [-0.25, -0.2) is 0 Å². The van der Waals surface area contributed by atoms with Crippen LogP contribution in [0.1, 0.15) is 28.8 Å². The van der Waals surface area contributed by atoms with Crippen molar-refractivity contribution in [3.63, 3.8) is 0 Å². The second kappa shape index (κ2) is 4.49. The Bertz CT molecular complexity index is 920. The molecular formula is C16H16N4S. The maximum absolute atomic E-state index is 5.12. The van der Waals surface area contributed by atoms with E-state index in [0.717, 1.165) is 36.0 Å². The number of aromatic nitrogens is 4. The van der Waals surface area contributed by atoms with Crippen LogP contribution >= 0.6 is 12.2 Å². The zero-order chi connectivity index (χ0) is 14.6. The van der Waals surface area contributed by atoms with E-state index < -0.39 is 0 Å². The smallest absolute Gasteiger partial charge is 0.213 e. The van der Waals surface area contributed by atoms with E-state index in [1.807, 2.05) is 0 Å². The summed E-state index contributed by atoms with van der Waals surface area (Å²) >= 11 is 5.12. The Morgan fingerprint density at radius 1 is 1.05 bits per heavy atom. The number of aryl methyl sites for hydroxylation is 3. The van der Waals surface area contributed by atoms with Crippen LogP contribution in [-0.2, 0) is 12.8 Å². The topological polar surface area (TPSA) is 57.4 Å². The Kier molecular flexibility index (Phi) is 2.72. The molecule has 5 heteroatoms. The van der Waals surface area contributed by atoms with Crippen molar-refractivity contribution in [2.75, 3.05) is 0 Å². The van der Waals surface area contributed by atoms with Crippen LogP contribution in [0.25, 0.3) is 22.3 Å². The van der Waals surface area contributed by atoms with Gasteiger partial charge in [0.2, 0.25) is 4.77 Å². The number of fused-ring (bicyclic) bond motifs is 2. The summed E-state index contributed by atoms with van der Waals surface area (Å²) in [4.78, 5) is 9.31. The molecule has 4 rings (SSSR count). The van der Waals surface area contributed by atoms with Crippen molar-refractivity contribution in [1.29, 1.82) is 0 Å². The molecule has 0 unspecified atom stereocenters. The quantitative estimate of drug-likeness (QED) is 0.672. The SMILES string of the molecule is Cc1cc2nc3c(c(-c4nc(=S)[nH][nH]4)c2cc1C)CCC3. The molecule has 0 bridgehead atoms. The highest BCUT2D eigenvalue weighted by Crippen LogP contribution is 2.36. The number of aromatic amines is 2. The van der Waals surface area contributed by atoms with Crippen molar-refractivity contribution in [2.45, 2.75) is 33.1 Å². The minimum absolute atomic E-state index is 0.491. The number of hydrogen-bond acceptors (Lipinski definition) is 3. The van der Waals surface area contributed by atoms with Gasteiger partial charge >= 0.3 is 0 Å². The van der Waals surface area contributed by atoms with Crippen molar-refractivity contribution >= 4 is 23.1 Å². The number of nitrogens with zero attached hydrogens (tertiary/aromatic N) is 2. The van der Waals surface area contributed by atoms with Gasteiger partial charge in [0.1, 0.15) is 0 Å². The van der Waals surface area contributed by atoms with Crippen molar-refractivity contribution in [3.8, 4) is 11.4 Å². The van der Waals surface area contributed by atoms with Gasteiger partial charge in [0.15, 0.2) is 5.82 Å². The van der Waals surface area contributed by atoms with Crippen molar-refractivity contribution in [1.82, 2.24) is 20.2 Å². The largest absolute Gasteiger partial charge is 0.282 e. The van der Waals surface area contributed by atoms with E-state index in [-0.39, 0.29) is 0 Å². The van der Waals surface area contributed by atoms with Crippen LogP contribution in [0.4, 0.5) is 0 Å². The van der Waals surface area contributed by atoms with Crippen LogP contribution in [0.5, 0.6) is 0 Å². The molecule has 1 aliphatic rings. The first kappa shape index (κ1) is 12.7. The number of H-pyrrole nitrogens is 2.